The Morgan fingerprint density at radius 1 is 0.791 bits per heavy atom. The molecule has 1 atom stereocenters. The highest BCUT2D eigenvalue weighted by molar-refractivity contribution is 6.36. The third kappa shape index (κ3) is 5.06. The van der Waals surface area contributed by atoms with E-state index in [9.17, 15) is 4.79 Å². The number of hydrogen-bond donors (Lipinski definition) is 1. The molecule has 0 saturated heterocycles. The number of carbonyl (C=O) groups excluding carboxylic acids is 1. The van der Waals surface area contributed by atoms with Crippen LogP contribution in [0, 0.1) is 11.6 Å². The molecule has 1 aliphatic heterocycles. The summed E-state index contributed by atoms with van der Waals surface area (Å²) in [5.74, 6) is -2.04. The van der Waals surface area contributed by atoms with Crippen molar-refractivity contribution in [3.63, 3.8) is 0 Å². The van der Waals surface area contributed by atoms with Gasteiger partial charge in [-0.05, 0) is 59.5 Å². The maximum Gasteiger partial charge on any atom is 0.280 e. The predicted octanol–water partition coefficient (Wildman–Crippen LogP) is 6.46. The smallest absolute Gasteiger partial charge is 0.280 e. The van der Waals surface area contributed by atoms with Crippen LogP contribution in [-0.2, 0) is 24.3 Å². The Morgan fingerprint density at radius 3 is 2.35 bits per heavy atom. The Balaban J connectivity index is 1.20. The Bertz CT molecular complexity index is 1860. The molecule has 0 fully saturated rings. The van der Waals surface area contributed by atoms with E-state index in [2.05, 4.69) is 15.5 Å². The van der Waals surface area contributed by atoms with E-state index in [0.717, 1.165) is 34.5 Å². The van der Waals surface area contributed by atoms with Crippen molar-refractivity contribution in [3.05, 3.63) is 161 Å². The summed E-state index contributed by atoms with van der Waals surface area (Å²) in [6.45, 7) is 1.15. The van der Waals surface area contributed by atoms with E-state index in [1.807, 2.05) is 91.1 Å². The van der Waals surface area contributed by atoms with E-state index in [-0.39, 0.29) is 28.3 Å². The minimum Gasteiger partial charge on any atom is -0.309 e. The zero-order valence-electron chi connectivity index (χ0n) is 23.1. The molecule has 43 heavy (non-hydrogen) atoms. The quantitative estimate of drug-likeness (QED) is 0.233. The molecule has 0 radical (unpaired) electrons. The summed E-state index contributed by atoms with van der Waals surface area (Å²) in [5.41, 5.74) is 5.12. The molecule has 0 spiro atoms. The molecule has 212 valence electrons. The standard InChI is InChI=1S/C35H27F2N5O/c36-29-15-16-30(37)33-32(29)26(19-23-11-13-27(14-12-23)41-18-6-17-39-41)20-28-34(33)40-42(35(28)43)31-10-5-4-9-25(31)22-38-21-24-7-2-1-3-8-24/h1-18,20,26,38H,19,21-22H2. The molecular formula is C35H27F2N5O. The van der Waals surface area contributed by atoms with E-state index in [4.69, 9.17) is 0 Å². The molecule has 2 heterocycles. The number of fused-ring (bicyclic) bond motifs is 3. The highest BCUT2D eigenvalue weighted by atomic mass is 19.1. The first-order valence-corrected chi connectivity index (χ1v) is 14.1. The Kier molecular flexibility index (Phi) is 6.96. The Morgan fingerprint density at radius 2 is 1.56 bits per heavy atom. The van der Waals surface area contributed by atoms with Crippen LogP contribution in [0.5, 0.6) is 0 Å². The van der Waals surface area contributed by atoms with Crippen LogP contribution in [0.2, 0.25) is 0 Å². The van der Waals surface area contributed by atoms with Gasteiger partial charge >= 0.3 is 0 Å². The van der Waals surface area contributed by atoms with Crippen LogP contribution in [0.25, 0.3) is 5.69 Å². The largest absolute Gasteiger partial charge is 0.309 e. The summed E-state index contributed by atoms with van der Waals surface area (Å²) >= 11 is 0. The Labute approximate surface area is 247 Å². The Hall–Kier alpha value is -5.21. The second kappa shape index (κ2) is 11.2. The average molecular weight is 572 g/mol. The van der Waals surface area contributed by atoms with Crippen LogP contribution in [-0.4, -0.2) is 21.4 Å². The van der Waals surface area contributed by atoms with Crippen molar-refractivity contribution in [2.45, 2.75) is 25.4 Å². The molecule has 5 aromatic rings. The van der Waals surface area contributed by atoms with Gasteiger partial charge in [0.1, 0.15) is 17.3 Å². The summed E-state index contributed by atoms with van der Waals surface area (Å²) in [6.07, 6.45) is 5.68. The van der Waals surface area contributed by atoms with Gasteiger partial charge in [0.25, 0.3) is 5.91 Å². The van der Waals surface area contributed by atoms with Gasteiger partial charge in [0.15, 0.2) is 0 Å². The van der Waals surface area contributed by atoms with Gasteiger partial charge in [0.2, 0.25) is 0 Å². The van der Waals surface area contributed by atoms with E-state index in [0.29, 0.717) is 25.2 Å². The summed E-state index contributed by atoms with van der Waals surface area (Å²) in [4.78, 5) is 13.9. The van der Waals surface area contributed by atoms with Crippen LogP contribution in [0.15, 0.2) is 126 Å². The first kappa shape index (κ1) is 26.7. The number of amides is 1. The number of hydrazone groups is 1. The normalized spacial score (nSPS) is 15.6. The van der Waals surface area contributed by atoms with Crippen molar-refractivity contribution >= 4 is 17.3 Å². The number of halogens is 2. The second-order valence-corrected chi connectivity index (χ2v) is 10.6. The molecule has 0 bridgehead atoms. The van der Waals surface area contributed by atoms with Gasteiger partial charge in [-0.1, -0.05) is 66.7 Å². The fourth-order valence-electron chi connectivity index (χ4n) is 5.79. The van der Waals surface area contributed by atoms with Crippen LogP contribution in [0.4, 0.5) is 14.5 Å². The number of aromatic nitrogens is 2. The van der Waals surface area contributed by atoms with Gasteiger partial charge in [-0.2, -0.15) is 15.2 Å². The third-order valence-electron chi connectivity index (χ3n) is 7.86. The zero-order chi connectivity index (χ0) is 29.3. The maximum atomic E-state index is 15.5. The number of benzene rings is 4. The molecule has 7 rings (SSSR count). The number of allylic oxidation sites excluding steroid dienone is 1. The van der Waals surface area contributed by atoms with Crippen LogP contribution < -0.4 is 10.3 Å². The topological polar surface area (TPSA) is 62.5 Å². The highest BCUT2D eigenvalue weighted by Crippen LogP contribution is 2.40. The number of hydrogen-bond acceptors (Lipinski definition) is 4. The highest BCUT2D eigenvalue weighted by Gasteiger charge is 2.40. The molecule has 1 aliphatic carbocycles. The fourth-order valence-corrected chi connectivity index (χ4v) is 5.79. The van der Waals surface area contributed by atoms with Gasteiger partial charge in [0, 0.05) is 42.5 Å². The van der Waals surface area contributed by atoms with Crippen molar-refractivity contribution in [2.24, 2.45) is 5.10 Å². The lowest BCUT2D eigenvalue weighted by atomic mass is 9.79. The fraction of sp³-hybridized carbons (Fsp3) is 0.114. The van der Waals surface area contributed by atoms with Crippen molar-refractivity contribution in [1.82, 2.24) is 15.1 Å². The van der Waals surface area contributed by atoms with E-state index < -0.39 is 17.6 Å². The number of para-hydroxylation sites is 1. The van der Waals surface area contributed by atoms with Crippen molar-refractivity contribution in [2.75, 3.05) is 5.01 Å². The van der Waals surface area contributed by atoms with Gasteiger partial charge in [-0.25, -0.2) is 13.5 Å². The van der Waals surface area contributed by atoms with Crippen LogP contribution in [0.3, 0.4) is 0 Å². The lowest BCUT2D eigenvalue weighted by molar-refractivity contribution is -0.114. The minimum absolute atomic E-state index is 0.0474. The molecule has 6 nitrogen and oxygen atoms in total. The van der Waals surface area contributed by atoms with Crippen LogP contribution in [0.1, 0.15) is 33.7 Å². The van der Waals surface area contributed by atoms with Crippen molar-refractivity contribution in [3.8, 4) is 5.69 Å². The summed E-state index contributed by atoms with van der Waals surface area (Å²) in [7, 11) is 0. The number of carbonyl (C=O) groups is 1. The molecule has 1 unspecified atom stereocenters. The summed E-state index contributed by atoms with van der Waals surface area (Å²) in [6, 6.07) is 29.4. The number of anilines is 1. The SMILES string of the molecule is O=C1C2=CC(Cc3ccc(-n4cccn4)cc3)c3c(F)ccc(F)c3C2=NN1c1ccccc1CNCc1ccccc1. The van der Waals surface area contributed by atoms with E-state index in [1.165, 1.54) is 5.01 Å². The molecule has 1 amide bonds. The number of nitrogens with one attached hydrogen (secondary N) is 1. The molecule has 2 aliphatic rings. The monoisotopic (exact) mass is 571 g/mol. The molecule has 8 heteroatoms. The van der Waals surface area contributed by atoms with Crippen LogP contribution >= 0.6 is 0 Å². The average Bonchev–Trinajstić information content (AvgIpc) is 3.69. The minimum atomic E-state index is -0.604. The van der Waals surface area contributed by atoms with Gasteiger partial charge < -0.3 is 5.32 Å². The molecule has 0 saturated carbocycles. The zero-order valence-corrected chi connectivity index (χ0v) is 23.1. The van der Waals surface area contributed by atoms with Gasteiger partial charge in [0.05, 0.1) is 16.9 Å². The second-order valence-electron chi connectivity index (χ2n) is 10.6. The van der Waals surface area contributed by atoms with Gasteiger partial charge in [-0.3, -0.25) is 4.79 Å². The first-order chi connectivity index (χ1) is 21.1. The summed E-state index contributed by atoms with van der Waals surface area (Å²) in [5, 5.41) is 13.6. The van der Waals surface area contributed by atoms with Crippen molar-refractivity contribution < 1.29 is 13.6 Å². The lowest BCUT2D eigenvalue weighted by Gasteiger charge is -2.24. The first-order valence-electron chi connectivity index (χ1n) is 14.1. The van der Waals surface area contributed by atoms with E-state index >= 15 is 8.78 Å². The van der Waals surface area contributed by atoms with Gasteiger partial charge in [-0.15, -0.1) is 0 Å². The number of rotatable bonds is 8. The predicted molar refractivity (Wildman–Crippen MR) is 162 cm³/mol. The molecule has 1 aromatic heterocycles. The van der Waals surface area contributed by atoms with E-state index in [1.54, 1.807) is 17.0 Å². The molecule has 4 aromatic carbocycles. The lowest BCUT2D eigenvalue weighted by Crippen LogP contribution is -2.26. The van der Waals surface area contributed by atoms with Crippen molar-refractivity contribution in [1.29, 1.82) is 0 Å². The molecular weight excluding hydrogens is 544 g/mol. The summed E-state index contributed by atoms with van der Waals surface area (Å²) < 4.78 is 32.6. The number of nitrogens with zero attached hydrogens (tertiary/aromatic N) is 4. The third-order valence-corrected chi connectivity index (χ3v) is 7.86. The maximum absolute atomic E-state index is 15.5. The molecule has 1 N–H and O–H groups in total.